The van der Waals surface area contributed by atoms with Gasteiger partial charge in [-0.2, -0.15) is 0 Å². The summed E-state index contributed by atoms with van der Waals surface area (Å²) in [6.07, 6.45) is 9.39. The Morgan fingerprint density at radius 2 is 1.35 bits per heavy atom. The average molecular weight is 443 g/mol. The molecule has 0 bridgehead atoms. The van der Waals surface area contributed by atoms with Gasteiger partial charge in [0.15, 0.2) is 0 Å². The summed E-state index contributed by atoms with van der Waals surface area (Å²) < 4.78 is 0. The molecular weight excluding hydrogens is 408 g/mol. The van der Waals surface area contributed by atoms with Crippen LogP contribution in [-0.2, 0) is 0 Å². The van der Waals surface area contributed by atoms with Gasteiger partial charge < -0.3 is 0 Å². The van der Waals surface area contributed by atoms with E-state index in [-0.39, 0.29) is 0 Å². The molecule has 0 amide bonds. The first-order chi connectivity index (χ1) is 16.5. The number of benzene rings is 4. The molecule has 0 aliphatic rings. The van der Waals surface area contributed by atoms with Crippen molar-refractivity contribution < 1.29 is 0 Å². The summed E-state index contributed by atoms with van der Waals surface area (Å²) in [5.74, 6) is 0. The highest BCUT2D eigenvalue weighted by Crippen LogP contribution is 2.35. The summed E-state index contributed by atoms with van der Waals surface area (Å²) in [5.41, 5.74) is 9.19. The van der Waals surface area contributed by atoms with Crippen LogP contribution in [0, 0.1) is 0 Å². The van der Waals surface area contributed by atoms with Crippen molar-refractivity contribution in [1.82, 2.24) is 0 Å². The summed E-state index contributed by atoms with van der Waals surface area (Å²) in [7, 11) is 0. The fraction of sp³-hybridized carbons (Fsp3) is 0.118. The molecule has 0 spiro atoms. The predicted octanol–water partition coefficient (Wildman–Crippen LogP) is 10.4. The van der Waals surface area contributed by atoms with E-state index in [1.165, 1.54) is 39.4 Å². The van der Waals surface area contributed by atoms with E-state index in [2.05, 4.69) is 119 Å². The van der Waals surface area contributed by atoms with Gasteiger partial charge in [-0.15, -0.1) is 0 Å². The van der Waals surface area contributed by atoms with E-state index in [9.17, 15) is 0 Å². The minimum atomic E-state index is 1.08. The minimum Gasteiger partial charge on any atom is -0.0984 e. The van der Waals surface area contributed by atoms with Crippen LogP contribution in [0.25, 0.3) is 51.8 Å². The van der Waals surface area contributed by atoms with E-state index in [0.29, 0.717) is 0 Å². The van der Waals surface area contributed by atoms with Crippen LogP contribution in [0.3, 0.4) is 0 Å². The van der Waals surface area contributed by atoms with Crippen molar-refractivity contribution in [2.75, 3.05) is 0 Å². The molecule has 0 radical (unpaired) electrons. The Morgan fingerprint density at radius 1 is 0.735 bits per heavy atom. The Bertz CT molecular complexity index is 1320. The molecule has 170 valence electrons. The molecule has 0 aliphatic carbocycles. The second kappa shape index (κ2) is 11.8. The standard InChI is InChI=1S/C31H26.C3H8/c1-5-25-21-30(27-10-8-7-9-11-27)29-19-16-24(20-31(29)28(25)6-2)13-12-23-14-17-26(18-15-23)22(3)4;1-3-2/h5-21H,1-3H2,4H3;3H2,1-2H3. The van der Waals surface area contributed by atoms with Crippen molar-refractivity contribution in [2.24, 2.45) is 0 Å². The summed E-state index contributed by atoms with van der Waals surface area (Å²) in [6.45, 7) is 18.4. The molecule has 4 aromatic carbocycles. The quantitative estimate of drug-likeness (QED) is 0.260. The third-order valence-corrected chi connectivity index (χ3v) is 5.62. The topological polar surface area (TPSA) is 0 Å². The summed E-state index contributed by atoms with van der Waals surface area (Å²) in [5, 5.41) is 2.40. The van der Waals surface area contributed by atoms with Gasteiger partial charge in [0.2, 0.25) is 0 Å². The Balaban J connectivity index is 0.00000103. The maximum atomic E-state index is 4.06. The van der Waals surface area contributed by atoms with Crippen LogP contribution in [0.5, 0.6) is 0 Å². The predicted molar refractivity (Wildman–Crippen MR) is 156 cm³/mol. The highest BCUT2D eigenvalue weighted by Gasteiger charge is 2.10. The van der Waals surface area contributed by atoms with Gasteiger partial charge in [-0.05, 0) is 68.8 Å². The molecule has 0 unspecified atom stereocenters. The zero-order chi connectivity index (χ0) is 24.5. The van der Waals surface area contributed by atoms with Crippen molar-refractivity contribution in [3.8, 4) is 11.1 Å². The van der Waals surface area contributed by atoms with Crippen LogP contribution in [0.4, 0.5) is 0 Å². The molecule has 0 saturated heterocycles. The third-order valence-electron chi connectivity index (χ3n) is 5.62. The molecule has 0 aliphatic heterocycles. The zero-order valence-corrected chi connectivity index (χ0v) is 20.6. The number of hydrogen-bond acceptors (Lipinski definition) is 0. The fourth-order valence-corrected chi connectivity index (χ4v) is 3.91. The van der Waals surface area contributed by atoms with Gasteiger partial charge in [0.1, 0.15) is 0 Å². The van der Waals surface area contributed by atoms with Crippen LogP contribution in [0.1, 0.15) is 55.0 Å². The molecule has 0 heterocycles. The van der Waals surface area contributed by atoms with Gasteiger partial charge in [-0.3, -0.25) is 0 Å². The molecule has 0 atom stereocenters. The van der Waals surface area contributed by atoms with Gasteiger partial charge in [0.05, 0.1) is 0 Å². The molecule has 0 N–H and O–H groups in total. The van der Waals surface area contributed by atoms with Crippen molar-refractivity contribution in [2.45, 2.75) is 27.2 Å². The molecule has 34 heavy (non-hydrogen) atoms. The van der Waals surface area contributed by atoms with E-state index in [0.717, 1.165) is 22.3 Å². The zero-order valence-electron chi connectivity index (χ0n) is 20.6. The molecule has 4 rings (SSSR count). The number of fused-ring (bicyclic) bond motifs is 1. The Hall–Kier alpha value is -3.90. The van der Waals surface area contributed by atoms with Crippen molar-refractivity contribution in [3.05, 3.63) is 126 Å². The lowest BCUT2D eigenvalue weighted by atomic mass is 9.90. The van der Waals surface area contributed by atoms with Crippen LogP contribution in [0.2, 0.25) is 0 Å². The molecule has 0 fully saturated rings. The van der Waals surface area contributed by atoms with Crippen LogP contribution < -0.4 is 0 Å². The summed E-state index contributed by atoms with van der Waals surface area (Å²) in [6, 6.07) is 27.8. The highest BCUT2D eigenvalue weighted by atomic mass is 14.1. The number of rotatable bonds is 6. The SMILES string of the molecule is C=Cc1cc(-c2ccccc2)c2ccc(C=Cc3ccc(C(=C)C)cc3)cc2c1C=C.CCC. The van der Waals surface area contributed by atoms with E-state index < -0.39 is 0 Å². The van der Waals surface area contributed by atoms with Crippen LogP contribution in [0.15, 0.2) is 98.6 Å². The van der Waals surface area contributed by atoms with Gasteiger partial charge in [-0.25, -0.2) is 0 Å². The molecule has 4 aromatic rings. The van der Waals surface area contributed by atoms with Crippen LogP contribution in [-0.4, -0.2) is 0 Å². The van der Waals surface area contributed by atoms with Crippen LogP contribution >= 0.6 is 0 Å². The van der Waals surface area contributed by atoms with Gasteiger partial charge in [-0.1, -0.05) is 137 Å². The molecule has 0 heteroatoms. The molecule has 0 aromatic heterocycles. The van der Waals surface area contributed by atoms with E-state index in [4.69, 9.17) is 0 Å². The second-order valence-electron chi connectivity index (χ2n) is 8.45. The monoisotopic (exact) mass is 442 g/mol. The summed E-state index contributed by atoms with van der Waals surface area (Å²) in [4.78, 5) is 0. The number of allylic oxidation sites excluding steroid dienone is 1. The maximum absolute atomic E-state index is 4.06. The Morgan fingerprint density at radius 3 is 1.94 bits per heavy atom. The fourth-order valence-electron chi connectivity index (χ4n) is 3.91. The largest absolute Gasteiger partial charge is 0.0984 e. The lowest BCUT2D eigenvalue weighted by molar-refractivity contribution is 1.09. The highest BCUT2D eigenvalue weighted by molar-refractivity contribution is 6.04. The average Bonchev–Trinajstić information content (AvgIpc) is 2.87. The third kappa shape index (κ3) is 5.71. The first kappa shape index (κ1) is 24.7. The smallest absolute Gasteiger partial charge is 0.00934 e. The molecular formula is C34H34. The normalized spacial score (nSPS) is 10.6. The van der Waals surface area contributed by atoms with E-state index in [1.807, 2.05) is 25.1 Å². The van der Waals surface area contributed by atoms with Gasteiger partial charge >= 0.3 is 0 Å². The lowest BCUT2D eigenvalue weighted by Crippen LogP contribution is -1.90. The first-order valence-electron chi connectivity index (χ1n) is 11.9. The van der Waals surface area contributed by atoms with Crippen molar-refractivity contribution in [3.63, 3.8) is 0 Å². The van der Waals surface area contributed by atoms with Gasteiger partial charge in [0.25, 0.3) is 0 Å². The lowest BCUT2D eigenvalue weighted by Gasteiger charge is -2.14. The minimum absolute atomic E-state index is 1.08. The Kier molecular flexibility index (Phi) is 8.60. The maximum Gasteiger partial charge on any atom is -0.00934 e. The molecule has 0 saturated carbocycles. The summed E-state index contributed by atoms with van der Waals surface area (Å²) >= 11 is 0. The van der Waals surface area contributed by atoms with Crippen molar-refractivity contribution in [1.29, 1.82) is 0 Å². The van der Waals surface area contributed by atoms with Crippen molar-refractivity contribution >= 4 is 40.6 Å². The molecule has 0 nitrogen and oxygen atoms in total. The Labute approximate surface area is 205 Å². The second-order valence-corrected chi connectivity index (χ2v) is 8.45. The van der Waals surface area contributed by atoms with E-state index in [1.54, 1.807) is 0 Å². The first-order valence-corrected chi connectivity index (χ1v) is 11.9. The van der Waals surface area contributed by atoms with Gasteiger partial charge in [0, 0.05) is 0 Å². The van der Waals surface area contributed by atoms with E-state index >= 15 is 0 Å². The number of hydrogen-bond donors (Lipinski definition) is 0.